The van der Waals surface area contributed by atoms with Crippen molar-refractivity contribution in [2.45, 2.75) is 0 Å². The predicted molar refractivity (Wildman–Crippen MR) is 199 cm³/mol. The molecule has 0 amide bonds. The van der Waals surface area contributed by atoms with Gasteiger partial charge in [0.2, 0.25) is 0 Å². The fourth-order valence-corrected chi connectivity index (χ4v) is 12.4. The minimum absolute atomic E-state index is 0.553. The topological polar surface area (TPSA) is 52.5 Å². The molecule has 0 aliphatic rings. The molecule has 0 saturated heterocycles. The average molecular weight is 628 g/mol. The quantitative estimate of drug-likeness (QED) is 0.141. The zero-order valence-electron chi connectivity index (χ0n) is 26.1. The van der Waals surface area contributed by atoms with Crippen LogP contribution in [0, 0.1) is 22.7 Å². The molecular weight excluding hydrogens is 599 g/mol. The lowest BCUT2D eigenvalue weighted by atomic mass is 9.97. The molecule has 3 nitrogen and oxygen atoms in total. The number of para-hydroxylation sites is 2. The van der Waals surface area contributed by atoms with Gasteiger partial charge >= 0.3 is 0 Å². The van der Waals surface area contributed by atoms with Gasteiger partial charge in [0.05, 0.1) is 33.9 Å². The van der Waals surface area contributed by atoms with E-state index in [-0.39, 0.29) is 0 Å². The lowest BCUT2D eigenvalue weighted by Gasteiger charge is -2.36. The number of hydrogen-bond donors (Lipinski definition) is 0. The number of rotatable bonds is 6. The van der Waals surface area contributed by atoms with Crippen molar-refractivity contribution in [3.8, 4) is 29.0 Å². The molecule has 7 aromatic carbocycles. The molecule has 0 spiro atoms. The molecule has 1 aromatic heterocycles. The van der Waals surface area contributed by atoms with Crippen molar-refractivity contribution < 1.29 is 0 Å². The van der Waals surface area contributed by atoms with Crippen LogP contribution in [-0.2, 0) is 0 Å². The van der Waals surface area contributed by atoms with E-state index in [1.807, 2.05) is 42.5 Å². The van der Waals surface area contributed by atoms with E-state index >= 15 is 0 Å². The van der Waals surface area contributed by atoms with Crippen LogP contribution in [0.15, 0.2) is 176 Å². The van der Waals surface area contributed by atoms with E-state index in [2.05, 4.69) is 150 Å². The second-order valence-corrected chi connectivity index (χ2v) is 15.7. The number of aromatic nitrogens is 1. The van der Waals surface area contributed by atoms with Gasteiger partial charge in [-0.3, -0.25) is 0 Å². The molecule has 1 heterocycles. The fraction of sp³-hybridized carbons (Fsp3) is 0. The summed E-state index contributed by atoms with van der Waals surface area (Å²) in [6, 6.07) is 66.1. The van der Waals surface area contributed by atoms with E-state index < -0.39 is 8.07 Å². The highest BCUT2D eigenvalue weighted by Crippen LogP contribution is 2.36. The summed E-state index contributed by atoms with van der Waals surface area (Å²) in [5.41, 5.74) is 5.72. The van der Waals surface area contributed by atoms with E-state index in [0.29, 0.717) is 11.1 Å². The Kier molecular flexibility index (Phi) is 7.27. The van der Waals surface area contributed by atoms with Crippen molar-refractivity contribution in [1.29, 1.82) is 10.5 Å². The summed E-state index contributed by atoms with van der Waals surface area (Å²) in [6.45, 7) is 0. The Labute approximate surface area is 280 Å². The summed E-state index contributed by atoms with van der Waals surface area (Å²) in [6.07, 6.45) is 0. The Morgan fingerprint density at radius 2 is 0.938 bits per heavy atom. The highest BCUT2D eigenvalue weighted by molar-refractivity contribution is 7.20. The van der Waals surface area contributed by atoms with Crippen LogP contribution in [0.25, 0.3) is 38.6 Å². The largest absolute Gasteiger partial charge is 0.308 e. The van der Waals surface area contributed by atoms with E-state index in [0.717, 1.165) is 43.8 Å². The van der Waals surface area contributed by atoms with Crippen LogP contribution in [0.2, 0.25) is 0 Å². The van der Waals surface area contributed by atoms with Crippen molar-refractivity contribution in [3.63, 3.8) is 0 Å². The molecule has 0 radical (unpaired) electrons. The molecule has 8 aromatic rings. The smallest absolute Gasteiger partial charge is 0.180 e. The number of benzene rings is 7. The lowest BCUT2D eigenvalue weighted by Crippen LogP contribution is -2.75. The maximum absolute atomic E-state index is 11.1. The zero-order chi connectivity index (χ0) is 32.5. The summed E-state index contributed by atoms with van der Waals surface area (Å²) in [5.74, 6) is 0. The van der Waals surface area contributed by atoms with Crippen LogP contribution in [0.4, 0.5) is 0 Å². The zero-order valence-corrected chi connectivity index (χ0v) is 27.1. The Morgan fingerprint density at radius 3 is 1.44 bits per heavy atom. The highest BCUT2D eigenvalue weighted by atomic mass is 28.3. The lowest BCUT2D eigenvalue weighted by molar-refractivity contribution is 1.17. The van der Waals surface area contributed by atoms with E-state index in [1.54, 1.807) is 0 Å². The first-order valence-corrected chi connectivity index (χ1v) is 18.0. The molecule has 0 aliphatic carbocycles. The Morgan fingerprint density at radius 1 is 0.438 bits per heavy atom. The molecule has 8 rings (SSSR count). The van der Waals surface area contributed by atoms with Crippen molar-refractivity contribution in [1.82, 2.24) is 4.57 Å². The van der Waals surface area contributed by atoms with Gasteiger partial charge in [0.15, 0.2) is 8.07 Å². The van der Waals surface area contributed by atoms with Crippen LogP contribution >= 0.6 is 0 Å². The second kappa shape index (κ2) is 12.0. The summed E-state index contributed by atoms with van der Waals surface area (Å²) in [4.78, 5) is 0. The highest BCUT2D eigenvalue weighted by Gasteiger charge is 2.43. The number of nitriles is 2. The van der Waals surface area contributed by atoms with Gasteiger partial charge in [0.25, 0.3) is 0 Å². The third-order valence-corrected chi connectivity index (χ3v) is 14.3. The molecule has 0 unspecified atom stereocenters. The van der Waals surface area contributed by atoms with Gasteiger partial charge in [-0.1, -0.05) is 146 Å². The maximum atomic E-state index is 11.1. The van der Waals surface area contributed by atoms with Crippen molar-refractivity contribution >= 4 is 50.6 Å². The predicted octanol–water partition coefficient (Wildman–Crippen LogP) is 7.57. The number of hydrogen-bond acceptors (Lipinski definition) is 2. The molecule has 48 heavy (non-hydrogen) atoms. The first-order chi connectivity index (χ1) is 23.8. The molecule has 0 fully saturated rings. The van der Waals surface area contributed by atoms with Crippen molar-refractivity contribution in [3.05, 3.63) is 187 Å². The Hall–Kier alpha value is -6.46. The first kappa shape index (κ1) is 29.0. The monoisotopic (exact) mass is 627 g/mol. The molecule has 4 heteroatoms. The molecule has 0 N–H and O–H groups in total. The SMILES string of the molecule is N#Cc1ccc([Si](c2ccccc2)(c2ccccc2)c2ccccc2)c(-c2cccc(-n3c4ccccc4c4ccccc43)c2C#N)c1. The van der Waals surface area contributed by atoms with Gasteiger partial charge in [-0.25, -0.2) is 0 Å². The van der Waals surface area contributed by atoms with Gasteiger partial charge in [-0.2, -0.15) is 10.5 Å². The summed E-state index contributed by atoms with van der Waals surface area (Å²) < 4.78 is 2.21. The Bertz CT molecular complexity index is 2370. The van der Waals surface area contributed by atoms with Gasteiger partial charge < -0.3 is 4.57 Å². The van der Waals surface area contributed by atoms with E-state index in [1.165, 1.54) is 15.6 Å². The van der Waals surface area contributed by atoms with Crippen molar-refractivity contribution in [2.24, 2.45) is 0 Å². The van der Waals surface area contributed by atoms with Crippen LogP contribution in [0.1, 0.15) is 11.1 Å². The third kappa shape index (κ3) is 4.48. The summed E-state index contributed by atoms with van der Waals surface area (Å²) in [7, 11) is -3.00. The molecule has 0 atom stereocenters. The minimum atomic E-state index is -3.00. The first-order valence-electron chi connectivity index (χ1n) is 16.0. The van der Waals surface area contributed by atoms with Gasteiger partial charge in [0.1, 0.15) is 6.07 Å². The van der Waals surface area contributed by atoms with Crippen LogP contribution in [-0.4, -0.2) is 12.6 Å². The molecule has 0 aliphatic heterocycles. The summed E-state index contributed by atoms with van der Waals surface area (Å²) in [5, 5.41) is 28.4. The maximum Gasteiger partial charge on any atom is 0.180 e. The molecule has 0 bridgehead atoms. The molecular formula is C44H29N3Si. The summed E-state index contributed by atoms with van der Waals surface area (Å²) >= 11 is 0. The van der Waals surface area contributed by atoms with Crippen LogP contribution < -0.4 is 20.7 Å². The van der Waals surface area contributed by atoms with Crippen LogP contribution in [0.5, 0.6) is 0 Å². The van der Waals surface area contributed by atoms with E-state index in [9.17, 15) is 10.5 Å². The average Bonchev–Trinajstić information content (AvgIpc) is 3.50. The molecule has 224 valence electrons. The number of fused-ring (bicyclic) bond motifs is 3. The fourth-order valence-electron chi connectivity index (χ4n) is 7.45. The van der Waals surface area contributed by atoms with Gasteiger partial charge in [0, 0.05) is 16.3 Å². The van der Waals surface area contributed by atoms with E-state index in [4.69, 9.17) is 0 Å². The van der Waals surface area contributed by atoms with Gasteiger partial charge in [-0.15, -0.1) is 0 Å². The van der Waals surface area contributed by atoms with Gasteiger partial charge in [-0.05, 0) is 56.6 Å². The van der Waals surface area contributed by atoms with Crippen molar-refractivity contribution in [2.75, 3.05) is 0 Å². The molecule has 0 saturated carbocycles. The standard InChI is InChI=1S/C44H29N3Si/c45-30-32-27-28-44(48(33-15-4-1-5-16-33,34-17-6-2-7-18-34)35-19-8-3-9-20-35)39(29-32)36-23-14-26-43(40(36)31-46)47-41-24-12-10-21-37(41)38-22-11-13-25-42(38)47/h1-29H. The Balaban J connectivity index is 1.51. The second-order valence-electron chi connectivity index (χ2n) is 11.9. The van der Waals surface area contributed by atoms with Crippen LogP contribution in [0.3, 0.4) is 0 Å². The normalized spacial score (nSPS) is 11.3. The number of nitrogens with zero attached hydrogens (tertiary/aromatic N) is 3. The third-order valence-electron chi connectivity index (χ3n) is 9.44. The minimum Gasteiger partial charge on any atom is -0.308 e.